The van der Waals surface area contributed by atoms with Crippen molar-refractivity contribution in [2.24, 2.45) is 5.92 Å². The zero-order chi connectivity index (χ0) is 18.7. The van der Waals surface area contributed by atoms with Gasteiger partial charge in [-0.05, 0) is 75.9 Å². The van der Waals surface area contributed by atoms with Crippen LogP contribution in [0.5, 0.6) is 0 Å². The molecule has 0 saturated carbocycles. The summed E-state index contributed by atoms with van der Waals surface area (Å²) in [4.78, 5) is 17.6. The predicted octanol–water partition coefficient (Wildman–Crippen LogP) is 2.41. The summed E-state index contributed by atoms with van der Waals surface area (Å²) in [6, 6.07) is 5.77. The average molecular weight is 356 g/mol. The molecule has 1 aromatic heterocycles. The smallest absolute Gasteiger partial charge is 0.211 e. The van der Waals surface area contributed by atoms with Gasteiger partial charge in [-0.3, -0.25) is 9.78 Å². The van der Waals surface area contributed by atoms with Crippen LogP contribution in [0.25, 0.3) is 10.9 Å². The predicted molar refractivity (Wildman–Crippen MR) is 105 cm³/mol. The molecule has 0 radical (unpaired) electrons. The van der Waals surface area contributed by atoms with Crippen LogP contribution in [-0.2, 0) is 11.2 Å². The fourth-order valence-electron chi connectivity index (χ4n) is 3.88. The molecule has 1 fully saturated rings. The van der Waals surface area contributed by atoms with Gasteiger partial charge in [-0.15, -0.1) is 0 Å². The van der Waals surface area contributed by atoms with Crippen molar-refractivity contribution in [3.8, 4) is 0 Å². The van der Waals surface area contributed by atoms with E-state index in [1.165, 1.54) is 0 Å². The number of β-amino-alcohol motifs (C(OH)–C–C–N with tert-alkyl or cyclic N) is 1. The highest BCUT2D eigenvalue weighted by molar-refractivity contribution is 6.02. The van der Waals surface area contributed by atoms with Gasteiger partial charge in [0.05, 0.1) is 16.8 Å². The highest BCUT2D eigenvalue weighted by atomic mass is 16.3. The first kappa shape index (κ1) is 18.6. The van der Waals surface area contributed by atoms with Gasteiger partial charge in [0.25, 0.3) is 0 Å². The van der Waals surface area contributed by atoms with Gasteiger partial charge >= 0.3 is 0 Å². The lowest BCUT2D eigenvalue weighted by molar-refractivity contribution is -0.105. The largest absolute Gasteiger partial charge is 0.398 e. The highest BCUT2D eigenvalue weighted by Gasteiger charge is 2.25. The van der Waals surface area contributed by atoms with E-state index in [4.69, 9.17) is 5.73 Å². The Labute approximate surface area is 154 Å². The first-order valence-electron chi connectivity index (χ1n) is 9.18. The minimum Gasteiger partial charge on any atom is -0.398 e. The molecule has 26 heavy (non-hydrogen) atoms. The molecule has 0 unspecified atom stereocenters. The molecule has 1 saturated heterocycles. The van der Waals surface area contributed by atoms with E-state index in [0.29, 0.717) is 24.6 Å². The fourth-order valence-corrected chi connectivity index (χ4v) is 3.88. The second-order valence-electron chi connectivity index (χ2n) is 7.89. The van der Waals surface area contributed by atoms with Crippen LogP contribution in [-0.4, -0.2) is 46.6 Å². The minimum atomic E-state index is -0.655. The lowest BCUT2D eigenvalue weighted by atomic mass is 9.88. The normalized spacial score (nSPS) is 16.7. The summed E-state index contributed by atoms with van der Waals surface area (Å²) in [5, 5.41) is 13.6. The van der Waals surface area contributed by atoms with Crippen molar-refractivity contribution in [2.45, 2.75) is 38.7 Å². The lowest BCUT2D eigenvalue weighted by Crippen LogP contribution is -2.43. The Bertz CT molecular complexity index is 777. The Balaban J connectivity index is 1.75. The van der Waals surface area contributed by atoms with E-state index in [1.54, 1.807) is 6.20 Å². The number of carbonyl (C=O) groups excluding carboxylic acids is 1. The summed E-state index contributed by atoms with van der Waals surface area (Å²) in [5.41, 5.74) is 9.01. The molecule has 4 N–H and O–H groups in total. The van der Waals surface area contributed by atoms with Crippen LogP contribution < -0.4 is 11.1 Å². The molecule has 1 aromatic carbocycles. The molecule has 0 aliphatic carbocycles. The van der Waals surface area contributed by atoms with Gasteiger partial charge in [-0.25, -0.2) is 0 Å². The molecule has 0 bridgehead atoms. The third-order valence-corrected chi connectivity index (χ3v) is 5.06. The topological polar surface area (TPSA) is 91.5 Å². The number of nitrogens with one attached hydrogen (secondary N) is 1. The van der Waals surface area contributed by atoms with Gasteiger partial charge in [0, 0.05) is 23.8 Å². The van der Waals surface area contributed by atoms with Crippen LogP contribution in [0.15, 0.2) is 24.4 Å². The van der Waals surface area contributed by atoms with Crippen LogP contribution in [0.1, 0.15) is 32.3 Å². The minimum absolute atomic E-state index is 0.550. The zero-order valence-corrected chi connectivity index (χ0v) is 15.5. The maximum absolute atomic E-state index is 11.0. The molecule has 6 nitrogen and oxygen atoms in total. The van der Waals surface area contributed by atoms with Gasteiger partial charge in [-0.1, -0.05) is 0 Å². The second-order valence-corrected chi connectivity index (χ2v) is 7.89. The van der Waals surface area contributed by atoms with Gasteiger partial charge in [-0.2, -0.15) is 0 Å². The number of likely N-dealkylation sites (tertiary alicyclic amines) is 1. The van der Waals surface area contributed by atoms with E-state index in [2.05, 4.69) is 15.2 Å². The number of pyridine rings is 1. The van der Waals surface area contributed by atoms with Crippen molar-refractivity contribution in [3.05, 3.63) is 30.0 Å². The monoisotopic (exact) mass is 356 g/mol. The quantitative estimate of drug-likeness (QED) is 0.546. The Morgan fingerprint density at radius 3 is 2.81 bits per heavy atom. The first-order valence-corrected chi connectivity index (χ1v) is 9.18. The number of rotatable bonds is 6. The number of anilines is 2. The lowest BCUT2D eigenvalue weighted by Gasteiger charge is -2.35. The zero-order valence-electron chi connectivity index (χ0n) is 15.5. The third-order valence-electron chi connectivity index (χ3n) is 5.06. The molecule has 2 aromatic rings. The summed E-state index contributed by atoms with van der Waals surface area (Å²) >= 11 is 0. The van der Waals surface area contributed by atoms with Crippen molar-refractivity contribution in [1.29, 1.82) is 0 Å². The van der Waals surface area contributed by atoms with Gasteiger partial charge in [0.15, 0.2) is 0 Å². The number of piperidine rings is 1. The van der Waals surface area contributed by atoms with Crippen molar-refractivity contribution in [1.82, 2.24) is 9.88 Å². The number of amides is 1. The van der Waals surface area contributed by atoms with E-state index in [-0.39, 0.29) is 0 Å². The SMILES string of the molecule is CC(C)(O)CN1CCC(Cc2cc(NC=O)c3ncccc3c2N)CC1. The van der Waals surface area contributed by atoms with Crippen LogP contribution in [0.4, 0.5) is 11.4 Å². The van der Waals surface area contributed by atoms with Gasteiger partial charge < -0.3 is 21.1 Å². The Morgan fingerprint density at radius 2 is 2.15 bits per heavy atom. The van der Waals surface area contributed by atoms with Crippen LogP contribution in [0, 0.1) is 5.92 Å². The molecule has 1 amide bonds. The number of benzene rings is 1. The molecule has 6 heteroatoms. The number of carbonyl (C=O) groups is 1. The Morgan fingerprint density at radius 1 is 1.42 bits per heavy atom. The summed E-state index contributed by atoms with van der Waals surface area (Å²) in [6.07, 6.45) is 5.43. The molecule has 2 heterocycles. The third kappa shape index (κ3) is 4.31. The number of nitrogen functional groups attached to an aromatic ring is 1. The average Bonchev–Trinajstić information content (AvgIpc) is 2.59. The van der Waals surface area contributed by atoms with Crippen molar-refractivity contribution in [3.63, 3.8) is 0 Å². The maximum Gasteiger partial charge on any atom is 0.211 e. The second kappa shape index (κ2) is 7.60. The number of aliphatic hydroxyl groups is 1. The number of aromatic nitrogens is 1. The number of nitrogens with two attached hydrogens (primary N) is 1. The molecular weight excluding hydrogens is 328 g/mol. The van der Waals surface area contributed by atoms with Crippen molar-refractivity contribution >= 4 is 28.7 Å². The number of hydrogen-bond acceptors (Lipinski definition) is 5. The molecule has 1 aliphatic rings. The molecule has 0 atom stereocenters. The van der Waals surface area contributed by atoms with Gasteiger partial charge in [0.2, 0.25) is 6.41 Å². The maximum atomic E-state index is 11.0. The molecule has 0 spiro atoms. The molecular formula is C20H28N4O2. The van der Waals surface area contributed by atoms with E-state index < -0.39 is 5.60 Å². The number of nitrogens with zero attached hydrogens (tertiary/aromatic N) is 2. The van der Waals surface area contributed by atoms with Crippen LogP contribution in [0.3, 0.4) is 0 Å². The standard InChI is InChI=1S/C20H28N4O2/c1-20(2,26)12-24-8-5-14(6-9-24)10-15-11-17(23-13-25)19-16(18(15)21)4-3-7-22-19/h3-4,7,11,13-14,26H,5-6,8-10,12,21H2,1-2H3,(H,23,25). The van der Waals surface area contributed by atoms with E-state index in [9.17, 15) is 9.90 Å². The molecule has 140 valence electrons. The van der Waals surface area contributed by atoms with E-state index >= 15 is 0 Å². The van der Waals surface area contributed by atoms with Crippen LogP contribution in [0.2, 0.25) is 0 Å². The molecule has 1 aliphatic heterocycles. The summed E-state index contributed by atoms with van der Waals surface area (Å²) < 4.78 is 0. The summed E-state index contributed by atoms with van der Waals surface area (Å²) in [5.74, 6) is 0.550. The van der Waals surface area contributed by atoms with Gasteiger partial charge in [0.1, 0.15) is 0 Å². The number of fused-ring (bicyclic) bond motifs is 1. The highest BCUT2D eigenvalue weighted by Crippen LogP contribution is 2.33. The number of hydrogen-bond donors (Lipinski definition) is 3. The Hall–Kier alpha value is -2.18. The van der Waals surface area contributed by atoms with E-state index in [0.717, 1.165) is 54.5 Å². The van der Waals surface area contributed by atoms with Crippen molar-refractivity contribution < 1.29 is 9.90 Å². The Kier molecular flexibility index (Phi) is 5.44. The van der Waals surface area contributed by atoms with E-state index in [1.807, 2.05) is 32.0 Å². The molecule has 3 rings (SSSR count). The summed E-state index contributed by atoms with van der Waals surface area (Å²) in [6.45, 7) is 6.39. The summed E-state index contributed by atoms with van der Waals surface area (Å²) in [7, 11) is 0. The fraction of sp³-hybridized carbons (Fsp3) is 0.500. The first-order chi connectivity index (χ1) is 12.4. The van der Waals surface area contributed by atoms with Crippen molar-refractivity contribution in [2.75, 3.05) is 30.7 Å². The van der Waals surface area contributed by atoms with Crippen LogP contribution >= 0.6 is 0 Å².